The summed E-state index contributed by atoms with van der Waals surface area (Å²) in [5, 5.41) is 0. The highest BCUT2D eigenvalue weighted by molar-refractivity contribution is 7.86. The normalized spacial score (nSPS) is 30.4. The number of esters is 1. The molecule has 1 aromatic rings. The van der Waals surface area contributed by atoms with Crippen molar-refractivity contribution in [1.82, 2.24) is 0 Å². The molecular formula is C22H29FO7S. The predicted octanol–water partition coefficient (Wildman–Crippen LogP) is 3.82. The largest absolute Gasteiger partial charge is 0.461 e. The molecule has 3 fully saturated rings. The Morgan fingerprint density at radius 3 is 2.65 bits per heavy atom. The van der Waals surface area contributed by atoms with Crippen LogP contribution in [0.2, 0.25) is 0 Å². The van der Waals surface area contributed by atoms with Crippen LogP contribution in [0.25, 0.3) is 0 Å². The van der Waals surface area contributed by atoms with Gasteiger partial charge in [0.05, 0.1) is 6.10 Å². The first-order valence-electron chi connectivity index (χ1n) is 10.9. The van der Waals surface area contributed by atoms with E-state index in [0.717, 1.165) is 30.2 Å². The molecule has 0 spiro atoms. The van der Waals surface area contributed by atoms with E-state index in [4.69, 9.17) is 18.8 Å². The zero-order chi connectivity index (χ0) is 22.3. The maximum atomic E-state index is 14.4. The fraction of sp³-hybridized carbons (Fsp3) is 0.682. The van der Waals surface area contributed by atoms with Gasteiger partial charge in [0.25, 0.3) is 10.1 Å². The number of rotatable bonds is 8. The molecule has 4 rings (SSSR count). The van der Waals surface area contributed by atoms with Crippen LogP contribution < -0.4 is 9.47 Å². The lowest BCUT2D eigenvalue weighted by Crippen LogP contribution is -2.37. The maximum Gasteiger partial charge on any atom is 0.329 e. The molecule has 0 amide bonds. The Labute approximate surface area is 182 Å². The lowest BCUT2D eigenvalue weighted by atomic mass is 9.80. The SMILES string of the molecule is CC(C)C(Oc1cc(OC(=O)CS(=O)(=O)O)ccc1F)OC1CC2CC1C1CCCC21. The highest BCUT2D eigenvalue weighted by Crippen LogP contribution is 2.59. The van der Waals surface area contributed by atoms with Crippen molar-refractivity contribution in [2.45, 2.75) is 58.3 Å². The fourth-order valence-electron chi connectivity index (χ4n) is 5.73. The minimum absolute atomic E-state index is 0.0383. The first-order valence-corrected chi connectivity index (χ1v) is 12.5. The Balaban J connectivity index is 1.43. The van der Waals surface area contributed by atoms with Gasteiger partial charge in [-0.2, -0.15) is 8.42 Å². The molecule has 1 aromatic carbocycles. The third-order valence-electron chi connectivity index (χ3n) is 6.90. The van der Waals surface area contributed by atoms with Crippen molar-refractivity contribution in [3.8, 4) is 11.5 Å². The second-order valence-electron chi connectivity index (χ2n) is 9.35. The number of carbonyl (C=O) groups excluding carboxylic acids is 1. The summed E-state index contributed by atoms with van der Waals surface area (Å²) < 4.78 is 61.9. The summed E-state index contributed by atoms with van der Waals surface area (Å²) in [6.45, 7) is 3.87. The average Bonchev–Trinajstić information content (AvgIpc) is 3.35. The molecule has 3 saturated carbocycles. The van der Waals surface area contributed by atoms with Crippen molar-refractivity contribution in [2.24, 2.45) is 29.6 Å². The van der Waals surface area contributed by atoms with E-state index in [1.54, 1.807) is 0 Å². The number of carbonyl (C=O) groups is 1. The Hall–Kier alpha value is -1.71. The molecule has 3 aliphatic rings. The molecule has 0 aliphatic heterocycles. The van der Waals surface area contributed by atoms with Gasteiger partial charge in [-0.05, 0) is 61.5 Å². The molecule has 172 valence electrons. The summed E-state index contributed by atoms with van der Waals surface area (Å²) >= 11 is 0. The van der Waals surface area contributed by atoms with Crippen LogP contribution in [0.3, 0.4) is 0 Å². The molecule has 1 N–H and O–H groups in total. The summed E-state index contributed by atoms with van der Waals surface area (Å²) in [6.07, 6.45) is 5.57. The summed E-state index contributed by atoms with van der Waals surface area (Å²) in [5.41, 5.74) is 0. The van der Waals surface area contributed by atoms with E-state index in [0.29, 0.717) is 5.92 Å². The van der Waals surface area contributed by atoms with Gasteiger partial charge in [0, 0.05) is 12.0 Å². The van der Waals surface area contributed by atoms with E-state index in [1.807, 2.05) is 13.8 Å². The Morgan fingerprint density at radius 1 is 1.19 bits per heavy atom. The van der Waals surface area contributed by atoms with Crippen molar-refractivity contribution in [3.05, 3.63) is 24.0 Å². The topological polar surface area (TPSA) is 99.1 Å². The van der Waals surface area contributed by atoms with E-state index in [2.05, 4.69) is 0 Å². The second kappa shape index (κ2) is 8.67. The van der Waals surface area contributed by atoms with Crippen LogP contribution in [0.5, 0.6) is 11.5 Å². The number of halogens is 1. The van der Waals surface area contributed by atoms with Gasteiger partial charge >= 0.3 is 5.97 Å². The average molecular weight is 457 g/mol. The molecule has 0 radical (unpaired) electrons. The Morgan fingerprint density at radius 2 is 1.94 bits per heavy atom. The molecule has 0 saturated heterocycles. The number of ether oxygens (including phenoxy) is 3. The number of hydrogen-bond donors (Lipinski definition) is 1. The van der Waals surface area contributed by atoms with E-state index >= 15 is 0 Å². The van der Waals surface area contributed by atoms with Gasteiger partial charge in [-0.3, -0.25) is 9.35 Å². The fourth-order valence-corrected chi connectivity index (χ4v) is 6.08. The van der Waals surface area contributed by atoms with Gasteiger partial charge < -0.3 is 14.2 Å². The van der Waals surface area contributed by atoms with Crippen LogP contribution in [0, 0.1) is 35.4 Å². The van der Waals surface area contributed by atoms with Gasteiger partial charge in [-0.1, -0.05) is 20.3 Å². The van der Waals surface area contributed by atoms with Crippen LogP contribution >= 0.6 is 0 Å². The molecule has 3 aliphatic carbocycles. The van der Waals surface area contributed by atoms with E-state index in [9.17, 15) is 17.6 Å². The molecule has 0 heterocycles. The van der Waals surface area contributed by atoms with Gasteiger partial charge in [0.2, 0.25) is 6.29 Å². The highest BCUT2D eigenvalue weighted by Gasteiger charge is 2.54. The van der Waals surface area contributed by atoms with E-state index in [1.165, 1.54) is 37.8 Å². The molecular weight excluding hydrogens is 427 g/mol. The van der Waals surface area contributed by atoms with Crippen molar-refractivity contribution >= 4 is 16.1 Å². The second-order valence-corrected chi connectivity index (χ2v) is 10.8. The quantitative estimate of drug-likeness (QED) is 0.275. The van der Waals surface area contributed by atoms with Crippen LogP contribution in [-0.4, -0.2) is 37.1 Å². The van der Waals surface area contributed by atoms with E-state index < -0.39 is 33.9 Å². The third kappa shape index (κ3) is 5.04. The summed E-state index contributed by atoms with van der Waals surface area (Å²) in [6, 6.07) is 3.44. The lowest BCUT2D eigenvalue weighted by molar-refractivity contribution is -0.163. The van der Waals surface area contributed by atoms with Crippen molar-refractivity contribution < 1.29 is 36.4 Å². The van der Waals surface area contributed by atoms with Gasteiger partial charge in [0.1, 0.15) is 5.75 Å². The van der Waals surface area contributed by atoms with Gasteiger partial charge in [-0.25, -0.2) is 4.39 Å². The minimum atomic E-state index is -4.52. The van der Waals surface area contributed by atoms with Crippen molar-refractivity contribution in [3.63, 3.8) is 0 Å². The zero-order valence-corrected chi connectivity index (χ0v) is 18.5. The van der Waals surface area contributed by atoms with E-state index in [-0.39, 0.29) is 23.5 Å². The van der Waals surface area contributed by atoms with Crippen molar-refractivity contribution in [2.75, 3.05) is 5.75 Å². The highest BCUT2D eigenvalue weighted by atomic mass is 32.2. The monoisotopic (exact) mass is 456 g/mol. The summed E-state index contributed by atoms with van der Waals surface area (Å²) in [5.74, 6) is -0.434. The predicted molar refractivity (Wildman–Crippen MR) is 110 cm³/mol. The van der Waals surface area contributed by atoms with Crippen molar-refractivity contribution in [1.29, 1.82) is 0 Å². The zero-order valence-electron chi connectivity index (χ0n) is 17.7. The number of benzene rings is 1. The number of hydrogen-bond acceptors (Lipinski definition) is 6. The molecule has 31 heavy (non-hydrogen) atoms. The number of fused-ring (bicyclic) bond motifs is 5. The summed E-state index contributed by atoms with van der Waals surface area (Å²) in [4.78, 5) is 11.6. The molecule has 6 unspecified atom stereocenters. The van der Waals surface area contributed by atoms with Crippen LogP contribution in [0.4, 0.5) is 4.39 Å². The Kier molecular flexibility index (Phi) is 6.29. The molecule has 6 atom stereocenters. The smallest absolute Gasteiger partial charge is 0.329 e. The van der Waals surface area contributed by atoms with Gasteiger partial charge in [-0.15, -0.1) is 0 Å². The molecule has 7 nitrogen and oxygen atoms in total. The molecule has 0 aromatic heterocycles. The molecule has 9 heteroatoms. The third-order valence-corrected chi connectivity index (χ3v) is 7.50. The first-order chi connectivity index (χ1) is 14.6. The van der Waals surface area contributed by atoms with Gasteiger partial charge in [0.15, 0.2) is 17.3 Å². The maximum absolute atomic E-state index is 14.4. The summed E-state index contributed by atoms with van der Waals surface area (Å²) in [7, 11) is -4.52. The van der Waals surface area contributed by atoms with Crippen LogP contribution in [-0.2, 0) is 19.6 Å². The molecule has 2 bridgehead atoms. The first kappa shape index (κ1) is 22.5. The standard InChI is InChI=1S/C22H29FO7S/c1-12(2)22(29-19-9-13-8-17(19)16-5-3-4-15(13)16)30-20-10-14(6-7-18(20)23)28-21(24)11-31(25,26)27/h6-7,10,12-13,15-17,19,22H,3-5,8-9,11H2,1-2H3,(H,25,26,27). The van der Waals surface area contributed by atoms with Crippen LogP contribution in [0.1, 0.15) is 46.0 Å². The lowest BCUT2D eigenvalue weighted by Gasteiger charge is -2.35. The minimum Gasteiger partial charge on any atom is -0.461 e. The van der Waals surface area contributed by atoms with Crippen LogP contribution in [0.15, 0.2) is 18.2 Å². The Bertz CT molecular complexity index is 932.